The molecule has 0 atom stereocenters. The molecule has 1 rings (SSSR count). The van der Waals surface area contributed by atoms with E-state index in [0.29, 0.717) is 13.2 Å². The Morgan fingerprint density at radius 2 is 2.06 bits per heavy atom. The van der Waals surface area contributed by atoms with Gasteiger partial charge in [-0.15, -0.1) is 0 Å². The summed E-state index contributed by atoms with van der Waals surface area (Å²) in [5, 5.41) is 3.27. The highest BCUT2D eigenvalue weighted by molar-refractivity contribution is 5.48. The van der Waals surface area contributed by atoms with Crippen LogP contribution in [0.1, 0.15) is 26.1 Å². The lowest BCUT2D eigenvalue weighted by atomic mass is 10.4. The van der Waals surface area contributed by atoms with Crippen LogP contribution in [0.2, 0.25) is 0 Å². The second kappa shape index (κ2) is 7.06. The maximum absolute atomic E-state index is 5.34. The van der Waals surface area contributed by atoms with Crippen molar-refractivity contribution in [1.29, 1.82) is 0 Å². The zero-order valence-electron chi connectivity index (χ0n) is 11.2. The minimum Gasteiger partial charge on any atom is -0.374 e. The Balaban J connectivity index is 2.84. The fourth-order valence-electron chi connectivity index (χ4n) is 1.31. The van der Waals surface area contributed by atoms with Crippen LogP contribution < -0.4 is 10.2 Å². The topological polar surface area (TPSA) is 50.3 Å². The van der Waals surface area contributed by atoms with Gasteiger partial charge in [0.25, 0.3) is 0 Å². The summed E-state index contributed by atoms with van der Waals surface area (Å²) in [5.41, 5.74) is 0. The average Bonchev–Trinajstić information content (AvgIpc) is 2.33. The molecule has 0 fully saturated rings. The summed E-state index contributed by atoms with van der Waals surface area (Å²) in [5.74, 6) is 2.48. The Morgan fingerprint density at radius 1 is 1.29 bits per heavy atom. The summed E-state index contributed by atoms with van der Waals surface area (Å²) in [4.78, 5) is 10.8. The predicted octanol–water partition coefficient (Wildman–Crippen LogP) is 1.90. The first-order valence-corrected chi connectivity index (χ1v) is 6.04. The molecular weight excluding hydrogens is 216 g/mol. The van der Waals surface area contributed by atoms with Crippen molar-refractivity contribution in [2.24, 2.45) is 0 Å². The van der Waals surface area contributed by atoms with Gasteiger partial charge in [-0.3, -0.25) is 0 Å². The predicted molar refractivity (Wildman–Crippen MR) is 70.5 cm³/mol. The second-order valence-corrected chi connectivity index (χ2v) is 3.99. The van der Waals surface area contributed by atoms with Gasteiger partial charge in [0.1, 0.15) is 18.2 Å². The number of nitrogens with zero attached hydrogens (tertiary/aromatic N) is 3. The molecule has 0 saturated carbocycles. The maximum atomic E-state index is 5.34. The van der Waals surface area contributed by atoms with Crippen molar-refractivity contribution in [1.82, 2.24) is 9.97 Å². The van der Waals surface area contributed by atoms with E-state index in [1.165, 1.54) is 0 Å². The van der Waals surface area contributed by atoms with E-state index in [1.54, 1.807) is 0 Å². The van der Waals surface area contributed by atoms with Crippen molar-refractivity contribution >= 4 is 11.6 Å². The highest BCUT2D eigenvalue weighted by Crippen LogP contribution is 2.14. The largest absolute Gasteiger partial charge is 0.374 e. The van der Waals surface area contributed by atoms with Crippen molar-refractivity contribution in [2.45, 2.75) is 26.9 Å². The molecule has 0 aliphatic carbocycles. The van der Waals surface area contributed by atoms with E-state index in [4.69, 9.17) is 4.74 Å². The SMILES string of the molecule is CCCNc1cc(N(C)C)nc(COCC)n1. The standard InChI is InChI=1S/C12H22N4O/c1-5-7-13-10-8-12(16(3)4)15-11(14-10)9-17-6-2/h8H,5-7,9H2,1-4H3,(H,13,14,15). The van der Waals surface area contributed by atoms with Crippen LogP contribution in [0.15, 0.2) is 6.07 Å². The minimum absolute atomic E-state index is 0.457. The van der Waals surface area contributed by atoms with Gasteiger partial charge >= 0.3 is 0 Å². The number of hydrogen-bond donors (Lipinski definition) is 1. The molecule has 0 aromatic carbocycles. The molecule has 0 amide bonds. The molecule has 0 spiro atoms. The fraction of sp³-hybridized carbons (Fsp3) is 0.667. The monoisotopic (exact) mass is 238 g/mol. The summed E-state index contributed by atoms with van der Waals surface area (Å²) in [6.07, 6.45) is 1.07. The van der Waals surface area contributed by atoms with Crippen LogP contribution in [0.3, 0.4) is 0 Å². The highest BCUT2D eigenvalue weighted by Gasteiger charge is 2.05. The zero-order valence-corrected chi connectivity index (χ0v) is 11.2. The van der Waals surface area contributed by atoms with Gasteiger partial charge in [-0.2, -0.15) is 0 Å². The van der Waals surface area contributed by atoms with E-state index in [-0.39, 0.29) is 0 Å². The van der Waals surface area contributed by atoms with Gasteiger partial charge < -0.3 is 15.0 Å². The molecule has 5 heteroatoms. The van der Waals surface area contributed by atoms with E-state index in [0.717, 1.165) is 30.4 Å². The summed E-state index contributed by atoms with van der Waals surface area (Å²) in [6.45, 7) is 6.14. The number of aromatic nitrogens is 2. The molecule has 0 unspecified atom stereocenters. The summed E-state index contributed by atoms with van der Waals surface area (Å²) in [7, 11) is 3.94. The Morgan fingerprint density at radius 3 is 2.65 bits per heavy atom. The molecule has 17 heavy (non-hydrogen) atoms. The van der Waals surface area contributed by atoms with E-state index >= 15 is 0 Å². The quantitative estimate of drug-likeness (QED) is 0.786. The van der Waals surface area contributed by atoms with Gasteiger partial charge in [0, 0.05) is 33.3 Å². The lowest BCUT2D eigenvalue weighted by Gasteiger charge is -2.14. The normalized spacial score (nSPS) is 10.4. The Bertz CT molecular complexity index is 315. The van der Waals surface area contributed by atoms with Crippen LogP contribution >= 0.6 is 0 Å². The molecule has 1 N–H and O–H groups in total. The first-order valence-electron chi connectivity index (χ1n) is 6.04. The molecule has 1 aromatic heterocycles. The molecule has 1 heterocycles. The van der Waals surface area contributed by atoms with Gasteiger partial charge in [-0.05, 0) is 13.3 Å². The van der Waals surface area contributed by atoms with E-state index in [9.17, 15) is 0 Å². The van der Waals surface area contributed by atoms with E-state index in [2.05, 4.69) is 22.2 Å². The Hall–Kier alpha value is -1.36. The number of anilines is 2. The maximum Gasteiger partial charge on any atom is 0.158 e. The molecule has 5 nitrogen and oxygen atoms in total. The Kier molecular flexibility index (Phi) is 5.69. The van der Waals surface area contributed by atoms with Crippen LogP contribution in [0.4, 0.5) is 11.6 Å². The molecule has 0 aliphatic heterocycles. The van der Waals surface area contributed by atoms with Crippen LogP contribution in [-0.2, 0) is 11.3 Å². The van der Waals surface area contributed by atoms with Gasteiger partial charge in [0.05, 0.1) is 0 Å². The van der Waals surface area contributed by atoms with E-state index in [1.807, 2.05) is 32.0 Å². The average molecular weight is 238 g/mol. The van der Waals surface area contributed by atoms with Crippen molar-refractivity contribution in [3.8, 4) is 0 Å². The summed E-state index contributed by atoms with van der Waals surface area (Å²) >= 11 is 0. The summed E-state index contributed by atoms with van der Waals surface area (Å²) in [6, 6.07) is 1.95. The van der Waals surface area contributed by atoms with Crippen molar-refractivity contribution in [3.05, 3.63) is 11.9 Å². The van der Waals surface area contributed by atoms with Crippen LogP contribution in [-0.4, -0.2) is 37.2 Å². The van der Waals surface area contributed by atoms with Gasteiger partial charge in [0.2, 0.25) is 0 Å². The first-order chi connectivity index (χ1) is 8.17. The molecule has 1 aromatic rings. The fourth-order valence-corrected chi connectivity index (χ4v) is 1.31. The molecular formula is C12H22N4O. The Labute approximate surface area is 103 Å². The van der Waals surface area contributed by atoms with Gasteiger partial charge in [-0.1, -0.05) is 6.92 Å². The van der Waals surface area contributed by atoms with Crippen molar-refractivity contribution < 1.29 is 4.74 Å². The van der Waals surface area contributed by atoms with Crippen LogP contribution in [0.5, 0.6) is 0 Å². The molecule has 0 bridgehead atoms. The third-order valence-corrected chi connectivity index (χ3v) is 2.21. The van der Waals surface area contributed by atoms with E-state index < -0.39 is 0 Å². The van der Waals surface area contributed by atoms with Gasteiger partial charge in [-0.25, -0.2) is 9.97 Å². The van der Waals surface area contributed by atoms with Gasteiger partial charge in [0.15, 0.2) is 5.82 Å². The first kappa shape index (κ1) is 13.7. The lowest BCUT2D eigenvalue weighted by Crippen LogP contribution is -2.14. The zero-order chi connectivity index (χ0) is 12.7. The third kappa shape index (κ3) is 4.56. The molecule has 96 valence electrons. The number of nitrogens with one attached hydrogen (secondary N) is 1. The second-order valence-electron chi connectivity index (χ2n) is 3.99. The van der Waals surface area contributed by atoms with Crippen molar-refractivity contribution in [3.63, 3.8) is 0 Å². The highest BCUT2D eigenvalue weighted by atomic mass is 16.5. The number of hydrogen-bond acceptors (Lipinski definition) is 5. The number of rotatable bonds is 7. The van der Waals surface area contributed by atoms with Crippen LogP contribution in [0.25, 0.3) is 0 Å². The minimum atomic E-state index is 0.457. The molecule has 0 aliphatic rings. The third-order valence-electron chi connectivity index (χ3n) is 2.21. The number of ether oxygens (including phenoxy) is 1. The van der Waals surface area contributed by atoms with Crippen molar-refractivity contribution in [2.75, 3.05) is 37.5 Å². The van der Waals surface area contributed by atoms with Crippen LogP contribution in [0, 0.1) is 0 Å². The molecule has 0 radical (unpaired) electrons. The summed E-state index contributed by atoms with van der Waals surface area (Å²) < 4.78 is 5.34. The lowest BCUT2D eigenvalue weighted by molar-refractivity contribution is 0.128. The smallest absolute Gasteiger partial charge is 0.158 e. The molecule has 0 saturated heterocycles.